The summed E-state index contributed by atoms with van der Waals surface area (Å²) in [6, 6.07) is 0. The van der Waals surface area contributed by atoms with E-state index in [-0.39, 0.29) is 17.1 Å². The maximum absolute atomic E-state index is 12.5. The number of aryl methyl sites for hydroxylation is 1. The lowest BCUT2D eigenvalue weighted by molar-refractivity contribution is -0.145. The number of rotatable bonds is 1. The lowest BCUT2D eigenvalue weighted by atomic mass is 9.49. The summed E-state index contributed by atoms with van der Waals surface area (Å²) in [7, 11) is 0. The number of H-pyrrole nitrogens is 1. The molecule has 0 spiro atoms. The molecule has 3 atom stereocenters. The highest BCUT2D eigenvalue weighted by Crippen LogP contribution is 2.56. The van der Waals surface area contributed by atoms with Gasteiger partial charge in [0, 0.05) is 16.5 Å². The largest absolute Gasteiger partial charge is 0.303 e. The van der Waals surface area contributed by atoms with Gasteiger partial charge >= 0.3 is 0 Å². The highest BCUT2D eigenvalue weighted by atomic mass is 16.1. The number of aromatic amines is 1. The van der Waals surface area contributed by atoms with Crippen molar-refractivity contribution in [2.24, 2.45) is 17.3 Å². The Bertz CT molecular complexity index is 546. The van der Waals surface area contributed by atoms with Gasteiger partial charge in [0.1, 0.15) is 12.1 Å². The molecular weight excluding hydrogens is 240 g/mol. The zero-order chi connectivity index (χ0) is 13.8. The van der Waals surface area contributed by atoms with Gasteiger partial charge in [-0.15, -0.1) is 0 Å². The Morgan fingerprint density at radius 2 is 2.16 bits per heavy atom. The van der Waals surface area contributed by atoms with Crippen LogP contribution in [0.5, 0.6) is 0 Å². The van der Waals surface area contributed by atoms with Gasteiger partial charge in [-0.3, -0.25) is 9.89 Å². The van der Waals surface area contributed by atoms with E-state index < -0.39 is 11.3 Å². The van der Waals surface area contributed by atoms with Crippen LogP contribution in [-0.2, 0) is 21.4 Å². The molecule has 0 bridgehead atoms. The Kier molecular flexibility index (Phi) is 2.50. The van der Waals surface area contributed by atoms with Crippen LogP contribution in [0.25, 0.3) is 0 Å². The topological polar surface area (TPSA) is 62.8 Å². The van der Waals surface area contributed by atoms with Crippen molar-refractivity contribution in [3.63, 3.8) is 0 Å². The fourth-order valence-corrected chi connectivity index (χ4v) is 4.50. The molecule has 0 amide bonds. The van der Waals surface area contributed by atoms with Gasteiger partial charge in [0.25, 0.3) is 0 Å². The molecule has 0 aromatic carbocycles. The molecule has 0 aliphatic heterocycles. The molecule has 102 valence electrons. The third-order valence-corrected chi connectivity index (χ3v) is 5.41. The van der Waals surface area contributed by atoms with Gasteiger partial charge in [0.05, 0.1) is 12.1 Å². The van der Waals surface area contributed by atoms with Gasteiger partial charge < -0.3 is 4.79 Å². The average molecular weight is 260 g/mol. The summed E-state index contributed by atoms with van der Waals surface area (Å²) in [6.07, 6.45) is 5.28. The van der Waals surface area contributed by atoms with Crippen LogP contribution in [0.1, 0.15) is 44.9 Å². The van der Waals surface area contributed by atoms with Crippen molar-refractivity contribution < 1.29 is 9.59 Å². The standard InChI is InChI=1S/C15H20N2O2/c1-14(2)11-5-4-9-7-16-17-12(9)15(11,3)6-10(8-18)13(14)19/h7-8,10-11H,4-6H2,1-3H3,(H,16,17)/t10?,11-,15-/m0/s1. The van der Waals surface area contributed by atoms with Gasteiger partial charge in [-0.05, 0) is 30.7 Å². The summed E-state index contributed by atoms with van der Waals surface area (Å²) in [4.78, 5) is 23.7. The molecule has 0 saturated heterocycles. The quantitative estimate of drug-likeness (QED) is 0.621. The van der Waals surface area contributed by atoms with E-state index >= 15 is 0 Å². The van der Waals surface area contributed by atoms with Crippen LogP contribution >= 0.6 is 0 Å². The second-order valence-electron chi connectivity index (χ2n) is 6.81. The predicted octanol–water partition coefficient (Wildman–Crippen LogP) is 2.04. The highest BCUT2D eigenvalue weighted by Gasteiger charge is 2.57. The lowest BCUT2D eigenvalue weighted by Gasteiger charge is -2.53. The summed E-state index contributed by atoms with van der Waals surface area (Å²) >= 11 is 0. The molecule has 1 saturated carbocycles. The number of aromatic nitrogens is 2. The maximum Gasteiger partial charge on any atom is 0.148 e. The van der Waals surface area contributed by atoms with E-state index in [0.29, 0.717) is 6.42 Å². The van der Waals surface area contributed by atoms with E-state index in [0.717, 1.165) is 24.8 Å². The zero-order valence-corrected chi connectivity index (χ0v) is 11.7. The lowest BCUT2D eigenvalue weighted by Crippen LogP contribution is -2.56. The van der Waals surface area contributed by atoms with Gasteiger partial charge in [-0.2, -0.15) is 5.10 Å². The second-order valence-corrected chi connectivity index (χ2v) is 6.81. The Balaban J connectivity index is 2.15. The molecule has 1 heterocycles. The predicted molar refractivity (Wildman–Crippen MR) is 70.7 cm³/mol. The molecule has 2 aliphatic carbocycles. The molecule has 2 aliphatic rings. The van der Waals surface area contributed by atoms with Crippen LogP contribution in [0.4, 0.5) is 0 Å². The smallest absolute Gasteiger partial charge is 0.148 e. The molecule has 0 radical (unpaired) electrons. The zero-order valence-electron chi connectivity index (χ0n) is 11.7. The number of fused-ring (bicyclic) bond motifs is 3. The van der Waals surface area contributed by atoms with E-state index in [1.54, 1.807) is 0 Å². The van der Waals surface area contributed by atoms with Crippen molar-refractivity contribution in [2.45, 2.75) is 45.4 Å². The molecule has 19 heavy (non-hydrogen) atoms. The van der Waals surface area contributed by atoms with Crippen molar-refractivity contribution in [1.82, 2.24) is 10.2 Å². The van der Waals surface area contributed by atoms with Crippen LogP contribution in [-0.4, -0.2) is 22.3 Å². The number of nitrogens with zero attached hydrogens (tertiary/aromatic N) is 1. The summed E-state index contributed by atoms with van der Waals surface area (Å²) in [5.74, 6) is -0.102. The number of hydrogen-bond acceptors (Lipinski definition) is 3. The SMILES string of the molecule is CC1(C)C(=O)C(C=O)C[C@]2(C)c3[nH]ncc3CC[C@@H]12. The summed E-state index contributed by atoms with van der Waals surface area (Å²) in [5, 5.41) is 7.28. The molecular formula is C15H20N2O2. The Labute approximate surface area is 113 Å². The third-order valence-electron chi connectivity index (χ3n) is 5.41. The number of carbonyl (C=O) groups excluding carboxylic acids is 2. The van der Waals surface area contributed by atoms with Crippen molar-refractivity contribution in [1.29, 1.82) is 0 Å². The minimum absolute atomic E-state index is 0.105. The number of Topliss-reactive ketones (excluding diaryl/α,β-unsaturated/α-hetero) is 1. The number of ketones is 1. The van der Waals surface area contributed by atoms with Crippen LogP contribution in [0.3, 0.4) is 0 Å². The van der Waals surface area contributed by atoms with Crippen molar-refractivity contribution in [3.8, 4) is 0 Å². The summed E-state index contributed by atoms with van der Waals surface area (Å²) in [6.45, 7) is 6.17. The first-order valence-corrected chi connectivity index (χ1v) is 6.93. The molecule has 1 aromatic rings. The van der Waals surface area contributed by atoms with Crippen molar-refractivity contribution >= 4 is 12.1 Å². The molecule has 3 rings (SSSR count). The molecule has 4 heteroatoms. The fraction of sp³-hybridized carbons (Fsp3) is 0.667. The Hall–Kier alpha value is -1.45. The first kappa shape index (κ1) is 12.6. The number of aldehydes is 1. The average Bonchev–Trinajstić information content (AvgIpc) is 2.83. The molecule has 1 aromatic heterocycles. The van der Waals surface area contributed by atoms with E-state index in [1.165, 1.54) is 5.56 Å². The molecule has 1 N–H and O–H groups in total. The van der Waals surface area contributed by atoms with E-state index in [4.69, 9.17) is 0 Å². The first-order chi connectivity index (χ1) is 8.91. The number of carbonyl (C=O) groups is 2. The van der Waals surface area contributed by atoms with Gasteiger partial charge in [-0.1, -0.05) is 20.8 Å². The maximum atomic E-state index is 12.5. The summed E-state index contributed by atoms with van der Waals surface area (Å²) < 4.78 is 0. The number of nitrogens with one attached hydrogen (secondary N) is 1. The van der Waals surface area contributed by atoms with E-state index in [1.807, 2.05) is 20.0 Å². The molecule has 1 fully saturated rings. The van der Waals surface area contributed by atoms with Crippen molar-refractivity contribution in [2.75, 3.05) is 0 Å². The van der Waals surface area contributed by atoms with Gasteiger partial charge in [0.2, 0.25) is 0 Å². The monoisotopic (exact) mass is 260 g/mol. The number of hydrogen-bond donors (Lipinski definition) is 1. The third kappa shape index (κ3) is 1.49. The van der Waals surface area contributed by atoms with Gasteiger partial charge in [-0.25, -0.2) is 0 Å². The van der Waals surface area contributed by atoms with Crippen LogP contribution < -0.4 is 0 Å². The van der Waals surface area contributed by atoms with E-state index in [9.17, 15) is 9.59 Å². The Morgan fingerprint density at radius 1 is 1.42 bits per heavy atom. The van der Waals surface area contributed by atoms with Crippen molar-refractivity contribution in [3.05, 3.63) is 17.5 Å². The Morgan fingerprint density at radius 3 is 2.84 bits per heavy atom. The van der Waals surface area contributed by atoms with E-state index in [2.05, 4.69) is 17.1 Å². The first-order valence-electron chi connectivity index (χ1n) is 6.93. The van der Waals surface area contributed by atoms with Crippen LogP contribution in [0.15, 0.2) is 6.20 Å². The highest BCUT2D eigenvalue weighted by molar-refractivity contribution is 5.98. The molecule has 4 nitrogen and oxygen atoms in total. The minimum atomic E-state index is -0.481. The summed E-state index contributed by atoms with van der Waals surface area (Å²) in [5.41, 5.74) is 1.79. The van der Waals surface area contributed by atoms with Crippen LogP contribution in [0, 0.1) is 17.3 Å². The molecule has 1 unspecified atom stereocenters. The fourth-order valence-electron chi connectivity index (χ4n) is 4.50. The van der Waals surface area contributed by atoms with Crippen LogP contribution in [0.2, 0.25) is 0 Å². The van der Waals surface area contributed by atoms with Gasteiger partial charge in [0.15, 0.2) is 0 Å². The minimum Gasteiger partial charge on any atom is -0.303 e. The normalized spacial score (nSPS) is 36.5. The second kappa shape index (κ2) is 3.78.